The number of ketones is 1. The maximum Gasteiger partial charge on any atom is 0.332 e. The Morgan fingerprint density at radius 1 is 1.09 bits per heavy atom. The number of hydrogen-bond acceptors (Lipinski definition) is 7. The van der Waals surface area contributed by atoms with E-state index in [1.807, 2.05) is 60.7 Å². The topological polar surface area (TPSA) is 119 Å². The molecule has 2 aromatic rings. The maximum atomic E-state index is 13.3. The molecule has 4 unspecified atom stereocenters. The second-order valence-electron chi connectivity index (χ2n) is 8.89. The normalized spacial score (nSPS) is 21.9. The first kappa shape index (κ1) is 26.5. The minimum atomic E-state index is -1.98. The lowest BCUT2D eigenvalue weighted by molar-refractivity contribution is -0.163. The third kappa shape index (κ3) is 6.14. The molecule has 0 aliphatic carbocycles. The average molecular weight is 483 g/mol. The highest BCUT2D eigenvalue weighted by molar-refractivity contribution is 6.10. The molecule has 188 valence electrons. The summed E-state index contributed by atoms with van der Waals surface area (Å²) in [5, 5.41) is 10.4. The van der Waals surface area contributed by atoms with Crippen LogP contribution in [0.15, 0.2) is 60.7 Å². The Bertz CT molecular complexity index is 997. The highest BCUT2D eigenvalue weighted by Gasteiger charge is 2.60. The number of likely N-dealkylation sites (tertiary alicyclic amines) is 1. The minimum Gasteiger partial charge on any atom is -0.480 e. The van der Waals surface area contributed by atoms with Crippen LogP contribution in [0.5, 0.6) is 0 Å². The van der Waals surface area contributed by atoms with Crippen molar-refractivity contribution in [2.45, 2.75) is 63.4 Å². The van der Waals surface area contributed by atoms with Crippen LogP contribution in [-0.4, -0.2) is 64.6 Å². The van der Waals surface area contributed by atoms with E-state index in [0.29, 0.717) is 6.42 Å². The number of carbonyl (C=O) groups is 3. The Labute approximate surface area is 206 Å². The summed E-state index contributed by atoms with van der Waals surface area (Å²) in [6, 6.07) is 17.1. The lowest BCUT2D eigenvalue weighted by atomic mass is 9.85. The number of Topliss-reactive ketones (excluding diaryl/α,β-unsaturated/α-hetero) is 1. The van der Waals surface area contributed by atoms with Crippen LogP contribution in [0.2, 0.25) is 0 Å². The van der Waals surface area contributed by atoms with Crippen molar-refractivity contribution in [3.63, 3.8) is 0 Å². The fourth-order valence-corrected chi connectivity index (χ4v) is 4.70. The van der Waals surface area contributed by atoms with E-state index in [4.69, 9.17) is 15.2 Å². The second-order valence-corrected chi connectivity index (χ2v) is 8.89. The van der Waals surface area contributed by atoms with Crippen molar-refractivity contribution in [1.29, 1.82) is 0 Å². The summed E-state index contributed by atoms with van der Waals surface area (Å²) in [5.74, 6) is -2.54. The lowest BCUT2D eigenvalue weighted by Gasteiger charge is -2.38. The molecule has 1 saturated heterocycles. The number of carboxylic acid groups (broad SMARTS) is 1. The first-order valence-corrected chi connectivity index (χ1v) is 12.0. The molecule has 3 N–H and O–H groups in total. The number of nitrogens with two attached hydrogens (primary N) is 1. The van der Waals surface area contributed by atoms with Crippen molar-refractivity contribution in [2.24, 2.45) is 5.73 Å². The summed E-state index contributed by atoms with van der Waals surface area (Å²) >= 11 is 0. The predicted octanol–water partition coefficient (Wildman–Crippen LogP) is 2.58. The van der Waals surface area contributed by atoms with E-state index in [1.54, 1.807) is 6.92 Å². The number of rotatable bonds is 12. The molecule has 3 rings (SSSR count). The van der Waals surface area contributed by atoms with Crippen LogP contribution in [-0.2, 0) is 36.9 Å². The molecule has 0 saturated carbocycles. The van der Waals surface area contributed by atoms with Gasteiger partial charge in [-0.2, -0.15) is 0 Å². The number of nitrogens with zero attached hydrogens (tertiary/aromatic N) is 1. The van der Waals surface area contributed by atoms with Crippen LogP contribution in [0.25, 0.3) is 0 Å². The van der Waals surface area contributed by atoms with E-state index in [9.17, 15) is 19.5 Å². The Hall–Kier alpha value is -3.07. The van der Waals surface area contributed by atoms with Crippen molar-refractivity contribution in [3.05, 3.63) is 71.8 Å². The van der Waals surface area contributed by atoms with Gasteiger partial charge in [-0.3, -0.25) is 14.5 Å². The average Bonchev–Trinajstić information content (AvgIpc) is 3.24. The molecule has 4 atom stereocenters. The Morgan fingerprint density at radius 3 is 2.23 bits per heavy atom. The Balaban J connectivity index is 1.93. The number of benzene rings is 2. The zero-order valence-corrected chi connectivity index (χ0v) is 20.3. The van der Waals surface area contributed by atoms with Crippen molar-refractivity contribution >= 4 is 17.7 Å². The summed E-state index contributed by atoms with van der Waals surface area (Å²) in [5.41, 5.74) is 5.86. The molecule has 0 bridgehead atoms. The molecule has 8 nitrogen and oxygen atoms in total. The standard InChI is InChI=1S/C27H34N2O6/c1-3-34-25(31)23(15-14-20-10-6-4-7-11-20)29-17-22(35-18-21-12-8-5-9-13-21)16-27(29,26(32)33)24(30)19(2)28/h4-13,19,22-23H,3,14-18,28H2,1-2H3,(H,32,33). The van der Waals surface area contributed by atoms with Gasteiger partial charge in [-0.05, 0) is 37.8 Å². The molecular formula is C27H34N2O6. The molecule has 0 spiro atoms. The number of hydrogen-bond donors (Lipinski definition) is 2. The number of carbonyl (C=O) groups excluding carboxylic acids is 2. The van der Waals surface area contributed by atoms with Gasteiger partial charge in [-0.1, -0.05) is 60.7 Å². The third-order valence-electron chi connectivity index (χ3n) is 6.40. The highest BCUT2D eigenvalue weighted by Crippen LogP contribution is 2.37. The fourth-order valence-electron chi connectivity index (χ4n) is 4.70. The molecule has 2 aromatic carbocycles. The van der Waals surface area contributed by atoms with Gasteiger partial charge in [-0.15, -0.1) is 0 Å². The van der Waals surface area contributed by atoms with Crippen LogP contribution in [0.1, 0.15) is 37.8 Å². The highest BCUT2D eigenvalue weighted by atomic mass is 16.5. The summed E-state index contributed by atoms with van der Waals surface area (Å²) < 4.78 is 11.4. The molecular weight excluding hydrogens is 448 g/mol. The first-order valence-electron chi connectivity index (χ1n) is 12.0. The van der Waals surface area contributed by atoms with E-state index in [-0.39, 0.29) is 32.6 Å². The SMILES string of the molecule is CCOC(=O)C(CCc1ccccc1)N1CC(OCc2ccccc2)CC1(C(=O)O)C(=O)C(C)N. The molecule has 0 amide bonds. The number of aryl methyl sites for hydroxylation is 1. The number of ether oxygens (including phenoxy) is 2. The van der Waals surface area contributed by atoms with Gasteiger partial charge in [0, 0.05) is 13.0 Å². The molecule has 1 heterocycles. The van der Waals surface area contributed by atoms with Crippen LogP contribution < -0.4 is 5.73 Å². The van der Waals surface area contributed by atoms with Crippen molar-refractivity contribution in [2.75, 3.05) is 13.2 Å². The van der Waals surface area contributed by atoms with Gasteiger partial charge in [0.15, 0.2) is 11.3 Å². The zero-order chi connectivity index (χ0) is 25.4. The van der Waals surface area contributed by atoms with E-state index in [1.165, 1.54) is 11.8 Å². The minimum absolute atomic E-state index is 0.0931. The molecule has 1 aliphatic heterocycles. The van der Waals surface area contributed by atoms with Crippen LogP contribution >= 0.6 is 0 Å². The molecule has 1 aliphatic rings. The van der Waals surface area contributed by atoms with Crippen molar-refractivity contribution in [1.82, 2.24) is 4.90 Å². The maximum absolute atomic E-state index is 13.3. The van der Waals surface area contributed by atoms with E-state index >= 15 is 0 Å². The molecule has 0 aromatic heterocycles. The zero-order valence-electron chi connectivity index (χ0n) is 20.3. The molecule has 35 heavy (non-hydrogen) atoms. The van der Waals surface area contributed by atoms with Crippen molar-refractivity contribution < 1.29 is 29.0 Å². The van der Waals surface area contributed by atoms with Crippen LogP contribution in [0.3, 0.4) is 0 Å². The summed E-state index contributed by atoms with van der Waals surface area (Å²) in [6.07, 6.45) is 0.118. The van der Waals surface area contributed by atoms with Crippen molar-refractivity contribution in [3.8, 4) is 0 Å². The molecule has 1 fully saturated rings. The molecule has 0 radical (unpaired) electrons. The largest absolute Gasteiger partial charge is 0.480 e. The van der Waals surface area contributed by atoms with E-state index in [0.717, 1.165) is 11.1 Å². The molecule has 8 heteroatoms. The third-order valence-corrected chi connectivity index (χ3v) is 6.40. The number of carboxylic acids is 1. The monoisotopic (exact) mass is 482 g/mol. The Morgan fingerprint density at radius 2 is 1.69 bits per heavy atom. The quantitative estimate of drug-likeness (QED) is 0.350. The number of aliphatic carboxylic acids is 1. The summed E-state index contributed by atoms with van der Waals surface area (Å²) in [6.45, 7) is 3.65. The fraction of sp³-hybridized carbons (Fsp3) is 0.444. The predicted molar refractivity (Wildman–Crippen MR) is 131 cm³/mol. The Kier molecular flexibility index (Phi) is 9.14. The summed E-state index contributed by atoms with van der Waals surface area (Å²) in [7, 11) is 0. The van der Waals surface area contributed by atoms with Gasteiger partial charge in [0.25, 0.3) is 0 Å². The first-order chi connectivity index (χ1) is 16.8. The van der Waals surface area contributed by atoms with Gasteiger partial charge in [-0.25, -0.2) is 4.79 Å². The summed E-state index contributed by atoms with van der Waals surface area (Å²) in [4.78, 5) is 40.6. The van der Waals surface area contributed by atoms with Gasteiger partial charge in [0.2, 0.25) is 0 Å². The van der Waals surface area contributed by atoms with Crippen LogP contribution in [0.4, 0.5) is 0 Å². The van der Waals surface area contributed by atoms with E-state index in [2.05, 4.69) is 0 Å². The second kappa shape index (κ2) is 12.1. The number of esters is 1. The van der Waals surface area contributed by atoms with Gasteiger partial charge < -0.3 is 20.3 Å². The van der Waals surface area contributed by atoms with Gasteiger partial charge in [0.1, 0.15) is 6.04 Å². The van der Waals surface area contributed by atoms with Gasteiger partial charge >= 0.3 is 11.9 Å². The van der Waals surface area contributed by atoms with Gasteiger partial charge in [0.05, 0.1) is 25.4 Å². The van der Waals surface area contributed by atoms with Crippen LogP contribution in [0, 0.1) is 0 Å². The smallest absolute Gasteiger partial charge is 0.332 e. The van der Waals surface area contributed by atoms with E-state index < -0.39 is 41.4 Å². The lowest BCUT2D eigenvalue weighted by Crippen LogP contribution is -2.64.